The highest BCUT2D eigenvalue weighted by Gasteiger charge is 2.56. The molecule has 2 atom stereocenters. The van der Waals surface area contributed by atoms with Gasteiger partial charge in [-0.1, -0.05) is 100 Å². The van der Waals surface area contributed by atoms with Gasteiger partial charge < -0.3 is 4.43 Å². The maximum absolute atomic E-state index is 13.7. The van der Waals surface area contributed by atoms with Gasteiger partial charge in [0.2, 0.25) is 0 Å². The predicted molar refractivity (Wildman–Crippen MR) is 129 cm³/mol. The fourth-order valence-corrected chi connectivity index (χ4v) is 9.67. The second kappa shape index (κ2) is 8.87. The number of ketones is 1. The summed E-state index contributed by atoms with van der Waals surface area (Å²) in [6, 6.07) is 21.0. The molecule has 3 rings (SSSR count). The molecule has 3 heteroatoms. The van der Waals surface area contributed by atoms with Crippen LogP contribution in [0.4, 0.5) is 0 Å². The molecular formula is C27H34O2Si. The van der Waals surface area contributed by atoms with Crippen molar-refractivity contribution in [2.75, 3.05) is 0 Å². The zero-order valence-corrected chi connectivity index (χ0v) is 19.6. The molecule has 158 valence electrons. The molecule has 1 fully saturated rings. The van der Waals surface area contributed by atoms with E-state index in [2.05, 4.69) is 82.5 Å². The van der Waals surface area contributed by atoms with Crippen molar-refractivity contribution in [3.8, 4) is 0 Å². The minimum atomic E-state index is -2.84. The molecule has 0 N–H and O–H groups in total. The first-order chi connectivity index (χ1) is 14.3. The minimum Gasteiger partial charge on any atom is -0.391 e. The largest absolute Gasteiger partial charge is 0.391 e. The molecule has 0 aromatic heterocycles. The van der Waals surface area contributed by atoms with E-state index in [-0.39, 0.29) is 16.7 Å². The Labute approximate surface area is 182 Å². The highest BCUT2D eigenvalue weighted by atomic mass is 28.4. The first-order valence-corrected chi connectivity index (χ1v) is 12.8. The molecule has 0 saturated heterocycles. The van der Waals surface area contributed by atoms with Crippen LogP contribution in [0.25, 0.3) is 0 Å². The maximum Gasteiger partial charge on any atom is 0.262 e. The van der Waals surface area contributed by atoms with Gasteiger partial charge in [-0.3, -0.25) is 4.79 Å². The standard InChI is InChI=1S/C27H34O2Si/c1-6-15-22-16-14-21-27(7-2,25(22)28)29-30(26(3,4)5,23-17-10-8-11-18-23)24-19-12-9-13-20-24/h6-13,17-20,22H,1-2,14-16,21H2,3-5H3/t22-,27-/m1/s1. The summed E-state index contributed by atoms with van der Waals surface area (Å²) in [5.41, 5.74) is -0.961. The Bertz CT molecular complexity index is 843. The van der Waals surface area contributed by atoms with E-state index in [4.69, 9.17) is 4.43 Å². The fourth-order valence-electron chi connectivity index (χ4n) is 4.91. The van der Waals surface area contributed by atoms with Crippen LogP contribution in [0, 0.1) is 5.92 Å². The SMILES string of the molecule is C=CC[C@@H]1CCC[C@@](C=C)(O[Si](c2ccccc2)(c2ccccc2)C(C)(C)C)C1=O. The average molecular weight is 419 g/mol. The number of carbonyl (C=O) groups is 1. The number of Topliss-reactive ketones (excluding diaryl/α,β-unsaturated/α-hetero) is 1. The number of allylic oxidation sites excluding steroid dienone is 1. The summed E-state index contributed by atoms with van der Waals surface area (Å²) in [4.78, 5) is 13.7. The van der Waals surface area contributed by atoms with Gasteiger partial charge in [0.25, 0.3) is 8.32 Å². The molecule has 30 heavy (non-hydrogen) atoms. The van der Waals surface area contributed by atoms with Crippen molar-refractivity contribution in [1.82, 2.24) is 0 Å². The third-order valence-electron chi connectivity index (χ3n) is 6.42. The van der Waals surface area contributed by atoms with Crippen molar-refractivity contribution in [3.63, 3.8) is 0 Å². The monoisotopic (exact) mass is 418 g/mol. The van der Waals surface area contributed by atoms with Crippen LogP contribution in [0.3, 0.4) is 0 Å². The lowest BCUT2D eigenvalue weighted by Crippen LogP contribution is -2.71. The molecule has 0 spiro atoms. The van der Waals surface area contributed by atoms with Crippen LogP contribution in [-0.4, -0.2) is 19.7 Å². The predicted octanol–water partition coefficient (Wildman–Crippen LogP) is 5.43. The molecule has 0 radical (unpaired) electrons. The summed E-state index contributed by atoms with van der Waals surface area (Å²) in [5, 5.41) is 2.18. The second-order valence-corrected chi connectivity index (χ2v) is 13.6. The molecule has 0 amide bonds. The smallest absolute Gasteiger partial charge is 0.262 e. The Morgan fingerprint density at radius 1 is 1.03 bits per heavy atom. The van der Waals surface area contributed by atoms with Gasteiger partial charge in [0.15, 0.2) is 5.78 Å². The molecular weight excluding hydrogens is 384 g/mol. The summed E-state index contributed by atoms with van der Waals surface area (Å²) in [6.45, 7) is 14.7. The van der Waals surface area contributed by atoms with E-state index < -0.39 is 13.9 Å². The van der Waals surface area contributed by atoms with Crippen molar-refractivity contribution >= 4 is 24.5 Å². The van der Waals surface area contributed by atoms with Gasteiger partial charge in [0, 0.05) is 5.92 Å². The van der Waals surface area contributed by atoms with Crippen LogP contribution in [0.1, 0.15) is 46.5 Å². The molecule has 2 nitrogen and oxygen atoms in total. The van der Waals surface area contributed by atoms with Crippen LogP contribution < -0.4 is 10.4 Å². The maximum atomic E-state index is 13.7. The van der Waals surface area contributed by atoms with E-state index in [1.54, 1.807) is 6.08 Å². The minimum absolute atomic E-state index is 0.0486. The summed E-state index contributed by atoms with van der Waals surface area (Å²) in [7, 11) is -2.84. The lowest BCUT2D eigenvalue weighted by Gasteiger charge is -2.50. The molecule has 2 aromatic rings. The molecule has 1 aliphatic rings. The van der Waals surface area contributed by atoms with Crippen molar-refractivity contribution in [3.05, 3.63) is 86.0 Å². The van der Waals surface area contributed by atoms with E-state index in [9.17, 15) is 4.79 Å². The summed E-state index contributed by atoms with van der Waals surface area (Å²) < 4.78 is 7.28. The fraction of sp³-hybridized carbons (Fsp3) is 0.370. The lowest BCUT2D eigenvalue weighted by molar-refractivity contribution is -0.139. The zero-order chi connectivity index (χ0) is 21.8. The number of rotatable bonds is 7. The third-order valence-corrected chi connectivity index (χ3v) is 11.5. The van der Waals surface area contributed by atoms with Crippen LogP contribution in [-0.2, 0) is 9.22 Å². The van der Waals surface area contributed by atoms with Gasteiger partial charge in [-0.2, -0.15) is 0 Å². The number of carbonyl (C=O) groups excluding carboxylic acids is 1. The first kappa shape index (κ1) is 22.5. The van der Waals surface area contributed by atoms with Crippen LogP contribution >= 0.6 is 0 Å². The normalized spacial score (nSPS) is 22.5. The zero-order valence-electron chi connectivity index (χ0n) is 18.6. The van der Waals surface area contributed by atoms with Gasteiger partial charge in [-0.15, -0.1) is 6.58 Å². The molecule has 0 unspecified atom stereocenters. The molecule has 1 aliphatic carbocycles. The molecule has 0 aliphatic heterocycles. The number of hydrogen-bond acceptors (Lipinski definition) is 2. The van der Waals surface area contributed by atoms with Crippen molar-refractivity contribution in [2.45, 2.75) is 57.1 Å². The van der Waals surface area contributed by atoms with Crippen LogP contribution in [0.2, 0.25) is 5.04 Å². The average Bonchev–Trinajstić information content (AvgIpc) is 2.75. The summed E-state index contributed by atoms with van der Waals surface area (Å²) >= 11 is 0. The van der Waals surface area contributed by atoms with E-state index in [1.807, 2.05) is 18.2 Å². The van der Waals surface area contributed by atoms with Gasteiger partial charge in [0.1, 0.15) is 5.60 Å². The Kier molecular flexibility index (Phi) is 6.64. The third kappa shape index (κ3) is 3.89. The van der Waals surface area contributed by atoms with Gasteiger partial charge in [-0.25, -0.2) is 0 Å². The van der Waals surface area contributed by atoms with E-state index >= 15 is 0 Å². The Hall–Kier alpha value is -2.23. The molecule has 2 aromatic carbocycles. The molecule has 0 bridgehead atoms. The Balaban J connectivity index is 2.23. The van der Waals surface area contributed by atoms with Crippen LogP contribution in [0.15, 0.2) is 86.0 Å². The van der Waals surface area contributed by atoms with E-state index in [0.717, 1.165) is 12.8 Å². The highest BCUT2D eigenvalue weighted by Crippen LogP contribution is 2.43. The van der Waals surface area contributed by atoms with E-state index in [0.29, 0.717) is 12.8 Å². The number of benzene rings is 2. The van der Waals surface area contributed by atoms with Crippen LogP contribution in [0.5, 0.6) is 0 Å². The Morgan fingerprint density at radius 3 is 2.00 bits per heavy atom. The molecule has 0 heterocycles. The van der Waals surface area contributed by atoms with Gasteiger partial charge >= 0.3 is 0 Å². The van der Waals surface area contributed by atoms with Gasteiger partial charge in [0.05, 0.1) is 0 Å². The second-order valence-electron chi connectivity index (χ2n) is 9.34. The topological polar surface area (TPSA) is 26.3 Å². The first-order valence-electron chi connectivity index (χ1n) is 10.9. The highest BCUT2D eigenvalue weighted by molar-refractivity contribution is 6.99. The summed E-state index contributed by atoms with van der Waals surface area (Å²) in [6.07, 6.45) is 6.86. The quantitative estimate of drug-likeness (QED) is 0.442. The molecule has 1 saturated carbocycles. The summed E-state index contributed by atoms with van der Waals surface area (Å²) in [5.74, 6) is 0.115. The van der Waals surface area contributed by atoms with Crippen molar-refractivity contribution < 1.29 is 9.22 Å². The lowest BCUT2D eigenvalue weighted by atomic mass is 9.75. The van der Waals surface area contributed by atoms with Crippen molar-refractivity contribution in [1.29, 1.82) is 0 Å². The van der Waals surface area contributed by atoms with Gasteiger partial charge in [-0.05, 0) is 41.1 Å². The van der Waals surface area contributed by atoms with Crippen molar-refractivity contribution in [2.24, 2.45) is 5.92 Å². The van der Waals surface area contributed by atoms with E-state index in [1.165, 1.54) is 10.4 Å². The Morgan fingerprint density at radius 2 is 1.57 bits per heavy atom. The number of hydrogen-bond donors (Lipinski definition) is 0.